The van der Waals surface area contributed by atoms with Crippen molar-refractivity contribution in [3.8, 4) is 0 Å². The summed E-state index contributed by atoms with van der Waals surface area (Å²) in [7, 11) is 7.17. The van der Waals surface area contributed by atoms with Gasteiger partial charge in [-0.15, -0.1) is 11.8 Å². The van der Waals surface area contributed by atoms with Gasteiger partial charge in [0.15, 0.2) is 21.5 Å². The minimum absolute atomic E-state index is 0.0382. The van der Waals surface area contributed by atoms with E-state index in [-0.39, 0.29) is 12.0 Å². The van der Waals surface area contributed by atoms with Crippen LogP contribution in [-0.2, 0) is 0 Å². The lowest BCUT2D eigenvalue weighted by atomic mass is 10.1. The van der Waals surface area contributed by atoms with Crippen molar-refractivity contribution in [1.29, 1.82) is 5.41 Å². The second-order valence-corrected chi connectivity index (χ2v) is 19.5. The van der Waals surface area contributed by atoms with Crippen molar-refractivity contribution in [1.82, 2.24) is 35.0 Å². The fourth-order valence-electron chi connectivity index (χ4n) is 6.38. The summed E-state index contributed by atoms with van der Waals surface area (Å²) in [5.41, 5.74) is 6.95. The first-order valence-electron chi connectivity index (χ1n) is 23.2. The van der Waals surface area contributed by atoms with Crippen molar-refractivity contribution in [3.05, 3.63) is 11.2 Å². The monoisotopic (exact) mass is 973 g/mol. The van der Waals surface area contributed by atoms with Crippen molar-refractivity contribution in [2.75, 3.05) is 88.0 Å². The normalized spacial score (nSPS) is 20.8. The molecule has 3 heterocycles. The first-order chi connectivity index (χ1) is 31.6. The minimum atomic E-state index is -0.364. The van der Waals surface area contributed by atoms with Crippen LogP contribution in [-0.4, -0.2) is 160 Å². The zero-order chi connectivity index (χ0) is 47.2. The quantitative estimate of drug-likeness (QED) is 0.0286. The van der Waals surface area contributed by atoms with Gasteiger partial charge in [-0.25, -0.2) is 20.0 Å². The van der Waals surface area contributed by atoms with Crippen LogP contribution >= 0.6 is 47.0 Å². The summed E-state index contributed by atoms with van der Waals surface area (Å²) in [4.78, 5) is 54.2. The number of amidine groups is 4. The van der Waals surface area contributed by atoms with Crippen LogP contribution in [0.3, 0.4) is 0 Å². The average Bonchev–Trinajstić information content (AvgIpc) is 3.48. The molecule has 18 nitrogen and oxygen atoms in total. The summed E-state index contributed by atoms with van der Waals surface area (Å²) < 4.78 is 0. The largest absolute Gasteiger partial charge is 0.369 e. The highest BCUT2D eigenvalue weighted by Crippen LogP contribution is 2.24. The highest BCUT2D eigenvalue weighted by atomic mass is 32.2. The Labute approximate surface area is 406 Å². The Balaban J connectivity index is 2.23. The molecule has 3 rings (SSSR count). The maximum Gasteiger partial charge on any atom is 0.228 e. The van der Waals surface area contributed by atoms with Gasteiger partial charge in [0.1, 0.15) is 16.7 Å². The van der Waals surface area contributed by atoms with Crippen LogP contribution in [0.2, 0.25) is 0 Å². The van der Waals surface area contributed by atoms with Crippen molar-refractivity contribution in [2.45, 2.75) is 122 Å². The standard InChI is InChI=1S/C43H76N18S4/c1-10-14-18-26-62-34-31-59(9)36(44)55-42(64-28-20-16-12-3)51-33-30-60(37(45)54-38(47-6)52-34)24-22-32(35(46-5)53-41(49-8)63-27-19-15-11-2)61(33)25-23-50-40-56-39(48-7)57-43(58-40)65-29-21-17-13-4/h31-32,44H,8,10-30H2,1-7,9H3,(H3,45,47,52,54)(H2,48,50,56,57,58)/b34-31-,44-36?,46-35-,51-33+,53-41+,55-42+/t32-/m0/s1. The summed E-state index contributed by atoms with van der Waals surface area (Å²) >= 11 is 6.39. The molecule has 1 fully saturated rings. The van der Waals surface area contributed by atoms with Gasteiger partial charge in [-0.2, -0.15) is 24.9 Å². The molecule has 0 amide bonds. The molecule has 2 aliphatic heterocycles. The summed E-state index contributed by atoms with van der Waals surface area (Å²) in [6, 6.07) is -0.364. The zero-order valence-electron chi connectivity index (χ0n) is 40.2. The molecule has 1 atom stereocenters. The van der Waals surface area contributed by atoms with Crippen LogP contribution < -0.4 is 21.7 Å². The number of aliphatic imine (C=N–C) groups is 7. The summed E-state index contributed by atoms with van der Waals surface area (Å²) in [5.74, 6) is 6.41. The average molecular weight is 973 g/mol. The number of thioether (sulfide) groups is 4. The predicted molar refractivity (Wildman–Crippen MR) is 288 cm³/mol. The Morgan fingerprint density at radius 3 is 2.11 bits per heavy atom. The van der Waals surface area contributed by atoms with Gasteiger partial charge >= 0.3 is 0 Å². The highest BCUT2D eigenvalue weighted by Gasteiger charge is 2.33. The number of nitrogens with zero attached hydrogens (tertiary/aromatic N) is 13. The third-order valence-corrected chi connectivity index (χ3v) is 13.9. The molecule has 1 aromatic rings. The van der Waals surface area contributed by atoms with Crippen molar-refractivity contribution < 1.29 is 0 Å². The number of guanidine groups is 3. The van der Waals surface area contributed by atoms with E-state index < -0.39 is 0 Å². The number of fused-ring (bicyclic) bond motifs is 2. The molecule has 2 bridgehead atoms. The summed E-state index contributed by atoms with van der Waals surface area (Å²) in [6.45, 7) is 14.4. The molecule has 362 valence electrons. The van der Waals surface area contributed by atoms with E-state index in [1.54, 1.807) is 66.0 Å². The number of hydrogen-bond donors (Lipinski definition) is 5. The first-order valence-corrected chi connectivity index (χ1v) is 27.1. The number of nitrogens with one attached hydrogen (secondary N) is 4. The second-order valence-electron chi connectivity index (χ2n) is 15.2. The van der Waals surface area contributed by atoms with Gasteiger partial charge in [0.2, 0.25) is 23.8 Å². The van der Waals surface area contributed by atoms with E-state index in [0.717, 1.165) is 100 Å². The fraction of sp³-hybridized carbons (Fsp3) is 0.698. The topological polar surface area (TPSA) is 221 Å². The Bertz CT molecular complexity index is 1830. The number of aromatic nitrogens is 3. The molecule has 22 heteroatoms. The van der Waals surface area contributed by atoms with Crippen LogP contribution in [0.4, 0.5) is 11.9 Å². The molecule has 6 N–H and O–H groups in total. The third kappa shape index (κ3) is 20.7. The molecular formula is C43H76N18S4. The highest BCUT2D eigenvalue weighted by molar-refractivity contribution is 8.14. The number of unbranched alkanes of at least 4 members (excludes halogenated alkanes) is 8. The lowest BCUT2D eigenvalue weighted by molar-refractivity contribution is 0.372. The lowest BCUT2D eigenvalue weighted by Gasteiger charge is -2.32. The summed E-state index contributed by atoms with van der Waals surface area (Å²) in [5, 5.41) is 21.3. The summed E-state index contributed by atoms with van der Waals surface area (Å²) in [6.07, 6.45) is 15.6. The van der Waals surface area contributed by atoms with Crippen molar-refractivity contribution >= 4 is 106 Å². The Kier molecular flexibility index (Phi) is 27.9. The van der Waals surface area contributed by atoms with E-state index in [0.29, 0.717) is 88.6 Å². The fourth-order valence-corrected chi connectivity index (χ4v) is 9.78. The number of rotatable bonds is 24. The van der Waals surface area contributed by atoms with Crippen LogP contribution in [0.1, 0.15) is 111 Å². The molecule has 0 aliphatic carbocycles. The van der Waals surface area contributed by atoms with Crippen LogP contribution in [0.5, 0.6) is 0 Å². The molecule has 1 aromatic heterocycles. The van der Waals surface area contributed by atoms with Gasteiger partial charge in [-0.1, -0.05) is 114 Å². The number of anilines is 2. The zero-order valence-corrected chi connectivity index (χ0v) is 43.5. The molecule has 0 saturated carbocycles. The molecule has 0 aromatic carbocycles. The van der Waals surface area contributed by atoms with Gasteiger partial charge in [0.05, 0.1) is 12.6 Å². The van der Waals surface area contributed by atoms with E-state index in [4.69, 9.17) is 40.7 Å². The van der Waals surface area contributed by atoms with Crippen LogP contribution in [0.25, 0.3) is 0 Å². The van der Waals surface area contributed by atoms with Gasteiger partial charge in [-0.05, 0) is 44.6 Å². The van der Waals surface area contributed by atoms with Crippen molar-refractivity contribution in [3.63, 3.8) is 0 Å². The van der Waals surface area contributed by atoms with E-state index in [1.807, 2.05) is 25.2 Å². The SMILES string of the molecule is C=N/C(=N\C(=N/C)[C@@H]1CCN2C/C(=N\C(SCCCCC)=N/C(=N)N(C)/C=C(SCCCCC)/N=C(NC)\N=C\2N)N1CCNc1nc(NC)nc(SCCCCC)n1)SCCCCC. The molecular weight excluding hydrogens is 897 g/mol. The lowest BCUT2D eigenvalue weighted by Crippen LogP contribution is -2.48. The molecule has 0 radical (unpaired) electrons. The number of hydrogen-bond acceptors (Lipinski definition) is 18. The second kappa shape index (κ2) is 32.7. The van der Waals surface area contributed by atoms with E-state index in [1.165, 1.54) is 0 Å². The van der Waals surface area contributed by atoms with Crippen LogP contribution in [0, 0.1) is 5.41 Å². The van der Waals surface area contributed by atoms with E-state index in [2.05, 4.69) is 70.2 Å². The smallest absolute Gasteiger partial charge is 0.228 e. The van der Waals surface area contributed by atoms with Gasteiger partial charge < -0.3 is 36.4 Å². The minimum Gasteiger partial charge on any atom is -0.369 e. The molecule has 2 aliphatic rings. The van der Waals surface area contributed by atoms with Gasteiger partial charge in [0, 0.05) is 71.3 Å². The maximum absolute atomic E-state index is 9.21. The Morgan fingerprint density at radius 1 is 0.831 bits per heavy atom. The third-order valence-electron chi connectivity index (χ3n) is 10.0. The predicted octanol–water partition coefficient (Wildman–Crippen LogP) is 8.16. The number of nitrogens with two attached hydrogens (primary N) is 1. The van der Waals surface area contributed by atoms with E-state index in [9.17, 15) is 5.41 Å². The molecule has 0 unspecified atom stereocenters. The molecule has 1 saturated heterocycles. The van der Waals surface area contributed by atoms with Crippen LogP contribution in [0.15, 0.2) is 51.3 Å². The van der Waals surface area contributed by atoms with Gasteiger partial charge in [-0.3, -0.25) is 10.4 Å². The molecule has 65 heavy (non-hydrogen) atoms. The Hall–Kier alpha value is -3.89. The Morgan fingerprint density at radius 2 is 1.48 bits per heavy atom. The maximum atomic E-state index is 9.21. The molecule has 0 spiro atoms. The van der Waals surface area contributed by atoms with Gasteiger partial charge in [0.25, 0.3) is 0 Å². The first kappa shape index (κ1) is 55.4. The van der Waals surface area contributed by atoms with E-state index >= 15 is 0 Å². The van der Waals surface area contributed by atoms with Crippen molar-refractivity contribution in [2.24, 2.45) is 40.7 Å².